The molecule has 0 aliphatic heterocycles. The second kappa shape index (κ2) is 7.70. The Morgan fingerprint density at radius 1 is 1.17 bits per heavy atom. The molecule has 2 amide bonds. The third-order valence-corrected chi connectivity index (χ3v) is 4.35. The lowest BCUT2D eigenvalue weighted by Gasteiger charge is -2.22. The van der Waals surface area contributed by atoms with Crippen molar-refractivity contribution in [3.05, 3.63) is 70.8 Å². The predicted molar refractivity (Wildman–Crippen MR) is 94.3 cm³/mol. The summed E-state index contributed by atoms with van der Waals surface area (Å²) < 4.78 is 10.7. The number of furan rings is 1. The number of nitrogens with zero attached hydrogens (tertiary/aromatic N) is 1. The van der Waals surface area contributed by atoms with Gasteiger partial charge in [0.1, 0.15) is 11.5 Å². The number of hydrogen-bond acceptors (Lipinski definition) is 4. The monoisotopic (exact) mass is 342 g/mol. The molecule has 0 spiro atoms. The van der Waals surface area contributed by atoms with E-state index in [2.05, 4.69) is 5.32 Å². The molecule has 0 aliphatic carbocycles. The van der Waals surface area contributed by atoms with Crippen molar-refractivity contribution >= 4 is 23.1 Å². The topological polar surface area (TPSA) is 54.7 Å². The van der Waals surface area contributed by atoms with Gasteiger partial charge in [0.2, 0.25) is 0 Å². The third kappa shape index (κ3) is 3.97. The second-order valence-electron chi connectivity index (χ2n) is 5.15. The Balaban J connectivity index is 1.77. The number of benzene rings is 1. The zero-order valence-corrected chi connectivity index (χ0v) is 14.1. The first-order chi connectivity index (χ1) is 11.8. The van der Waals surface area contributed by atoms with E-state index in [0.29, 0.717) is 24.5 Å². The van der Waals surface area contributed by atoms with Gasteiger partial charge in [0, 0.05) is 4.88 Å². The van der Waals surface area contributed by atoms with Crippen LogP contribution in [-0.4, -0.2) is 18.0 Å². The fraction of sp³-hybridized carbons (Fsp3) is 0.167. The number of carbonyl (C=O) groups is 1. The van der Waals surface area contributed by atoms with Crippen LogP contribution in [-0.2, 0) is 13.1 Å². The smallest absolute Gasteiger partial charge is 0.322 e. The Morgan fingerprint density at radius 3 is 2.75 bits per heavy atom. The van der Waals surface area contributed by atoms with E-state index in [1.54, 1.807) is 29.6 Å². The van der Waals surface area contributed by atoms with E-state index >= 15 is 0 Å². The third-order valence-electron chi connectivity index (χ3n) is 3.49. The lowest BCUT2D eigenvalue weighted by atomic mass is 10.3. The Morgan fingerprint density at radius 2 is 2.04 bits per heavy atom. The van der Waals surface area contributed by atoms with Crippen molar-refractivity contribution in [1.82, 2.24) is 4.90 Å². The summed E-state index contributed by atoms with van der Waals surface area (Å²) >= 11 is 1.62. The van der Waals surface area contributed by atoms with Crippen LogP contribution in [0.25, 0.3) is 0 Å². The molecule has 1 aromatic carbocycles. The van der Waals surface area contributed by atoms with E-state index in [4.69, 9.17) is 9.15 Å². The molecular weight excluding hydrogens is 324 g/mol. The summed E-state index contributed by atoms with van der Waals surface area (Å²) in [7, 11) is 1.58. The van der Waals surface area contributed by atoms with E-state index in [1.807, 2.05) is 53.9 Å². The highest BCUT2D eigenvalue weighted by Crippen LogP contribution is 2.24. The first kappa shape index (κ1) is 16.1. The Labute approximate surface area is 144 Å². The summed E-state index contributed by atoms with van der Waals surface area (Å²) in [6, 6.07) is 14.8. The summed E-state index contributed by atoms with van der Waals surface area (Å²) in [5, 5.41) is 4.91. The van der Waals surface area contributed by atoms with Crippen LogP contribution in [0.4, 0.5) is 10.5 Å². The molecule has 124 valence electrons. The Bertz CT molecular complexity index is 733. The molecule has 3 rings (SSSR count). The standard InChI is InChI=1S/C18H18N2O3S/c1-22-17-9-3-2-8-16(17)19-18(21)20(12-14-6-4-10-23-14)13-15-7-5-11-24-15/h2-11H,12-13H2,1H3,(H,19,21). The van der Waals surface area contributed by atoms with Gasteiger partial charge in [-0.05, 0) is 35.7 Å². The molecular formula is C18H18N2O3S. The molecule has 2 heterocycles. The summed E-state index contributed by atoms with van der Waals surface area (Å²) in [5.74, 6) is 1.36. The molecule has 0 unspecified atom stereocenters. The summed E-state index contributed by atoms with van der Waals surface area (Å²) in [6.45, 7) is 0.908. The minimum absolute atomic E-state index is 0.204. The van der Waals surface area contributed by atoms with E-state index in [1.165, 1.54) is 0 Å². The van der Waals surface area contributed by atoms with Gasteiger partial charge >= 0.3 is 6.03 Å². The second-order valence-corrected chi connectivity index (χ2v) is 6.18. The molecule has 5 nitrogen and oxygen atoms in total. The number of carbonyl (C=O) groups excluding carboxylic acids is 1. The minimum atomic E-state index is -0.204. The summed E-state index contributed by atoms with van der Waals surface area (Å²) in [5.41, 5.74) is 0.639. The van der Waals surface area contributed by atoms with Crippen LogP contribution >= 0.6 is 11.3 Å². The first-order valence-corrected chi connectivity index (χ1v) is 8.38. The fourth-order valence-corrected chi connectivity index (χ4v) is 3.04. The zero-order valence-electron chi connectivity index (χ0n) is 13.3. The molecule has 24 heavy (non-hydrogen) atoms. The van der Waals surface area contributed by atoms with E-state index in [0.717, 1.165) is 10.6 Å². The van der Waals surface area contributed by atoms with Crippen LogP contribution in [0, 0.1) is 0 Å². The highest BCUT2D eigenvalue weighted by Gasteiger charge is 2.18. The van der Waals surface area contributed by atoms with Crippen molar-refractivity contribution in [2.24, 2.45) is 0 Å². The van der Waals surface area contributed by atoms with Gasteiger partial charge < -0.3 is 19.4 Å². The number of anilines is 1. The molecule has 0 bridgehead atoms. The van der Waals surface area contributed by atoms with Crippen molar-refractivity contribution in [3.63, 3.8) is 0 Å². The van der Waals surface area contributed by atoms with Crippen molar-refractivity contribution in [1.29, 1.82) is 0 Å². The number of thiophene rings is 1. The zero-order chi connectivity index (χ0) is 16.8. The quantitative estimate of drug-likeness (QED) is 0.713. The number of nitrogens with one attached hydrogen (secondary N) is 1. The molecule has 1 N–H and O–H groups in total. The van der Waals surface area contributed by atoms with Crippen LogP contribution in [0.15, 0.2) is 64.6 Å². The molecule has 2 aromatic heterocycles. The predicted octanol–water partition coefficient (Wildman–Crippen LogP) is 4.58. The molecule has 0 saturated carbocycles. The van der Waals surface area contributed by atoms with Gasteiger partial charge in [0.25, 0.3) is 0 Å². The normalized spacial score (nSPS) is 10.4. The maximum Gasteiger partial charge on any atom is 0.322 e. The highest BCUT2D eigenvalue weighted by atomic mass is 32.1. The molecule has 0 radical (unpaired) electrons. The van der Waals surface area contributed by atoms with Gasteiger partial charge in [-0.1, -0.05) is 18.2 Å². The van der Waals surface area contributed by atoms with E-state index in [9.17, 15) is 4.79 Å². The Hall–Kier alpha value is -2.73. The van der Waals surface area contributed by atoms with E-state index in [-0.39, 0.29) is 6.03 Å². The number of ether oxygens (including phenoxy) is 1. The lowest BCUT2D eigenvalue weighted by molar-refractivity contribution is 0.201. The lowest BCUT2D eigenvalue weighted by Crippen LogP contribution is -2.33. The van der Waals surface area contributed by atoms with Crippen molar-refractivity contribution in [2.45, 2.75) is 13.1 Å². The fourth-order valence-electron chi connectivity index (χ4n) is 2.32. The molecule has 0 fully saturated rings. The van der Waals surface area contributed by atoms with E-state index < -0.39 is 0 Å². The average Bonchev–Trinajstić information content (AvgIpc) is 3.28. The van der Waals surface area contributed by atoms with Gasteiger partial charge in [0.15, 0.2) is 0 Å². The largest absolute Gasteiger partial charge is 0.495 e. The molecule has 0 aliphatic rings. The number of amides is 2. The Kier molecular flexibility index (Phi) is 5.18. The van der Waals surface area contributed by atoms with Crippen LogP contribution < -0.4 is 10.1 Å². The molecule has 3 aromatic rings. The van der Waals surface area contributed by atoms with Crippen molar-refractivity contribution in [2.75, 3.05) is 12.4 Å². The number of hydrogen-bond donors (Lipinski definition) is 1. The first-order valence-electron chi connectivity index (χ1n) is 7.50. The van der Waals surface area contributed by atoms with Crippen LogP contribution in [0.5, 0.6) is 5.75 Å². The molecule has 0 atom stereocenters. The summed E-state index contributed by atoms with van der Waals surface area (Å²) in [4.78, 5) is 15.6. The van der Waals surface area contributed by atoms with Crippen LogP contribution in [0.2, 0.25) is 0 Å². The number of methoxy groups -OCH3 is 1. The number of rotatable bonds is 6. The van der Waals surface area contributed by atoms with Gasteiger partial charge in [-0.3, -0.25) is 0 Å². The molecule has 0 saturated heterocycles. The van der Waals surface area contributed by atoms with Crippen molar-refractivity contribution in [3.8, 4) is 5.75 Å². The van der Waals surface area contributed by atoms with Gasteiger partial charge in [-0.15, -0.1) is 11.3 Å². The van der Waals surface area contributed by atoms with Gasteiger partial charge in [-0.2, -0.15) is 0 Å². The summed E-state index contributed by atoms with van der Waals surface area (Å²) in [6.07, 6.45) is 1.61. The average molecular weight is 342 g/mol. The van der Waals surface area contributed by atoms with Gasteiger partial charge in [0.05, 0.1) is 32.1 Å². The number of urea groups is 1. The maximum absolute atomic E-state index is 12.8. The van der Waals surface area contributed by atoms with Gasteiger partial charge in [-0.25, -0.2) is 4.79 Å². The van der Waals surface area contributed by atoms with Crippen LogP contribution in [0.3, 0.4) is 0 Å². The maximum atomic E-state index is 12.8. The molecule has 6 heteroatoms. The van der Waals surface area contributed by atoms with Crippen molar-refractivity contribution < 1.29 is 13.9 Å². The minimum Gasteiger partial charge on any atom is -0.495 e. The van der Waals surface area contributed by atoms with Crippen LogP contribution in [0.1, 0.15) is 10.6 Å². The SMILES string of the molecule is COc1ccccc1NC(=O)N(Cc1ccco1)Cc1cccs1. The number of para-hydroxylation sites is 2. The highest BCUT2D eigenvalue weighted by molar-refractivity contribution is 7.09.